The van der Waals surface area contributed by atoms with Gasteiger partial charge in [-0.05, 0) is 19.9 Å². The normalized spacial score (nSPS) is 10.4. The van der Waals surface area contributed by atoms with E-state index >= 15 is 0 Å². The number of hydrogen-bond acceptors (Lipinski definition) is 5. The first kappa shape index (κ1) is 15.2. The first-order valence-corrected chi connectivity index (χ1v) is 7.06. The number of benzene rings is 1. The van der Waals surface area contributed by atoms with Gasteiger partial charge in [-0.2, -0.15) is 0 Å². The van der Waals surface area contributed by atoms with E-state index in [4.69, 9.17) is 28.5 Å². The third-order valence-corrected chi connectivity index (χ3v) is 3.39. The predicted octanol–water partition coefficient (Wildman–Crippen LogP) is 2.72. The maximum Gasteiger partial charge on any atom is 0.172 e. The van der Waals surface area contributed by atoms with Gasteiger partial charge < -0.3 is 15.4 Å². The fraction of sp³-hybridized carbons (Fsp3) is 0.333. The van der Waals surface area contributed by atoms with Crippen LogP contribution in [0.1, 0.15) is 13.8 Å². The van der Waals surface area contributed by atoms with Crippen LogP contribution >= 0.6 is 11.6 Å². The molecular formula is C15H17ClN4O. The summed E-state index contributed by atoms with van der Waals surface area (Å²) in [4.78, 5) is 11.0. The molecule has 21 heavy (non-hydrogen) atoms. The fourth-order valence-corrected chi connectivity index (χ4v) is 2.26. The Bertz CT molecular complexity index is 692. The number of nitrogen functional groups attached to an aromatic ring is 1. The molecule has 5 nitrogen and oxygen atoms in total. The van der Waals surface area contributed by atoms with Gasteiger partial charge in [0.05, 0.1) is 16.1 Å². The van der Waals surface area contributed by atoms with E-state index in [1.165, 1.54) is 0 Å². The van der Waals surface area contributed by atoms with Crippen LogP contribution in [0.5, 0.6) is 5.75 Å². The van der Waals surface area contributed by atoms with Gasteiger partial charge in [-0.3, -0.25) is 0 Å². The van der Waals surface area contributed by atoms with Crippen LogP contribution in [0.3, 0.4) is 0 Å². The lowest BCUT2D eigenvalue weighted by Crippen LogP contribution is -2.24. The average molecular weight is 305 g/mol. The number of ether oxygens (including phenoxy) is 1. The van der Waals surface area contributed by atoms with Gasteiger partial charge in [0.15, 0.2) is 11.6 Å². The molecule has 6 heteroatoms. The lowest BCUT2D eigenvalue weighted by atomic mass is 10.2. The minimum absolute atomic E-state index is 0.149. The molecule has 0 fully saturated rings. The Labute approximate surface area is 129 Å². The number of nitrogens with two attached hydrogens (primary N) is 1. The zero-order chi connectivity index (χ0) is 15.4. The van der Waals surface area contributed by atoms with Crippen molar-refractivity contribution in [1.82, 2.24) is 9.97 Å². The molecule has 0 atom stereocenters. The summed E-state index contributed by atoms with van der Waals surface area (Å²) in [6, 6.07) is 3.41. The van der Waals surface area contributed by atoms with Crippen molar-refractivity contribution in [3.8, 4) is 18.1 Å². The largest absolute Gasteiger partial charge is 0.479 e. The quantitative estimate of drug-likeness (QED) is 0.861. The second kappa shape index (κ2) is 6.51. The monoisotopic (exact) mass is 304 g/mol. The van der Waals surface area contributed by atoms with Crippen LogP contribution < -0.4 is 15.4 Å². The Balaban J connectivity index is 2.54. The van der Waals surface area contributed by atoms with Crippen LogP contribution in [0, 0.1) is 12.3 Å². The number of anilines is 2. The van der Waals surface area contributed by atoms with Gasteiger partial charge >= 0.3 is 0 Å². The smallest absolute Gasteiger partial charge is 0.172 e. The number of rotatable bonds is 5. The zero-order valence-electron chi connectivity index (χ0n) is 12.1. The highest BCUT2D eigenvalue weighted by molar-refractivity contribution is 6.32. The van der Waals surface area contributed by atoms with E-state index in [1.807, 2.05) is 18.7 Å². The van der Waals surface area contributed by atoms with Crippen molar-refractivity contribution < 1.29 is 4.74 Å². The molecule has 0 radical (unpaired) electrons. The van der Waals surface area contributed by atoms with E-state index in [0.717, 1.165) is 13.1 Å². The molecule has 2 rings (SSSR count). The van der Waals surface area contributed by atoms with E-state index in [-0.39, 0.29) is 6.61 Å². The van der Waals surface area contributed by atoms with Crippen LogP contribution in [-0.2, 0) is 0 Å². The Morgan fingerprint density at radius 2 is 1.95 bits per heavy atom. The average Bonchev–Trinajstić information content (AvgIpc) is 2.47. The van der Waals surface area contributed by atoms with Crippen LogP contribution in [0.4, 0.5) is 11.6 Å². The molecule has 1 heterocycles. The minimum atomic E-state index is 0.149. The first-order chi connectivity index (χ1) is 10.1. The molecule has 2 N–H and O–H groups in total. The van der Waals surface area contributed by atoms with Gasteiger partial charge in [0.25, 0.3) is 0 Å². The molecule has 0 aliphatic heterocycles. The third kappa shape index (κ3) is 3.11. The molecule has 0 unspecified atom stereocenters. The third-order valence-electron chi connectivity index (χ3n) is 3.10. The fourth-order valence-electron chi connectivity index (χ4n) is 2.05. The van der Waals surface area contributed by atoms with Crippen molar-refractivity contribution in [2.24, 2.45) is 0 Å². The summed E-state index contributed by atoms with van der Waals surface area (Å²) >= 11 is 6.14. The van der Waals surface area contributed by atoms with Crippen LogP contribution in [0.25, 0.3) is 11.0 Å². The van der Waals surface area contributed by atoms with E-state index in [9.17, 15) is 0 Å². The van der Waals surface area contributed by atoms with Crippen LogP contribution in [0.15, 0.2) is 12.1 Å². The summed E-state index contributed by atoms with van der Waals surface area (Å²) in [5, 5.41) is 0.432. The van der Waals surface area contributed by atoms with Gasteiger partial charge in [0.2, 0.25) is 0 Å². The molecule has 0 saturated carbocycles. The number of fused-ring (bicyclic) bond motifs is 1. The van der Waals surface area contributed by atoms with Crippen molar-refractivity contribution in [3.05, 3.63) is 17.2 Å². The highest BCUT2D eigenvalue weighted by atomic mass is 35.5. The molecule has 0 aliphatic carbocycles. The van der Waals surface area contributed by atoms with Gasteiger partial charge in [-0.1, -0.05) is 17.5 Å². The lowest BCUT2D eigenvalue weighted by molar-refractivity contribution is 0.371. The van der Waals surface area contributed by atoms with Crippen molar-refractivity contribution in [2.45, 2.75) is 13.8 Å². The molecule has 0 aliphatic rings. The molecule has 1 aromatic heterocycles. The molecule has 0 amide bonds. The van der Waals surface area contributed by atoms with E-state index in [0.29, 0.717) is 33.4 Å². The van der Waals surface area contributed by atoms with E-state index in [2.05, 4.69) is 15.9 Å². The van der Waals surface area contributed by atoms with Gasteiger partial charge in [0, 0.05) is 19.2 Å². The van der Waals surface area contributed by atoms with Gasteiger partial charge in [-0.15, -0.1) is 6.42 Å². The van der Waals surface area contributed by atoms with Gasteiger partial charge in [0.1, 0.15) is 12.4 Å². The first-order valence-electron chi connectivity index (χ1n) is 6.68. The van der Waals surface area contributed by atoms with Crippen molar-refractivity contribution in [2.75, 3.05) is 30.3 Å². The SMILES string of the molecule is C#CCOc1cc2nc(N(CC)CC)c(N)nc2cc1Cl. The number of terminal acetylenes is 1. The molecule has 0 bridgehead atoms. The highest BCUT2D eigenvalue weighted by Crippen LogP contribution is 2.31. The Morgan fingerprint density at radius 3 is 2.57 bits per heavy atom. The molecule has 2 aromatic rings. The van der Waals surface area contributed by atoms with E-state index < -0.39 is 0 Å². The molecule has 0 spiro atoms. The van der Waals surface area contributed by atoms with Crippen molar-refractivity contribution in [3.63, 3.8) is 0 Å². The minimum Gasteiger partial charge on any atom is -0.479 e. The number of halogens is 1. The lowest BCUT2D eigenvalue weighted by Gasteiger charge is -2.21. The van der Waals surface area contributed by atoms with E-state index in [1.54, 1.807) is 12.1 Å². The van der Waals surface area contributed by atoms with Gasteiger partial charge in [-0.25, -0.2) is 9.97 Å². The Morgan fingerprint density at radius 1 is 1.29 bits per heavy atom. The summed E-state index contributed by atoms with van der Waals surface area (Å²) in [5.74, 6) is 3.95. The van der Waals surface area contributed by atoms with Crippen LogP contribution in [-0.4, -0.2) is 29.7 Å². The van der Waals surface area contributed by atoms with Crippen LogP contribution in [0.2, 0.25) is 5.02 Å². The molecule has 0 saturated heterocycles. The predicted molar refractivity (Wildman–Crippen MR) is 86.8 cm³/mol. The summed E-state index contributed by atoms with van der Waals surface area (Å²) in [5.41, 5.74) is 7.29. The maximum atomic E-state index is 6.14. The second-order valence-electron chi connectivity index (χ2n) is 4.37. The summed E-state index contributed by atoms with van der Waals surface area (Å²) in [6.07, 6.45) is 5.19. The summed E-state index contributed by atoms with van der Waals surface area (Å²) in [6.45, 7) is 5.83. The number of aromatic nitrogens is 2. The molecule has 1 aromatic carbocycles. The summed E-state index contributed by atoms with van der Waals surface area (Å²) in [7, 11) is 0. The van der Waals surface area contributed by atoms with Crippen molar-refractivity contribution >= 4 is 34.3 Å². The Kier molecular flexibility index (Phi) is 4.71. The highest BCUT2D eigenvalue weighted by Gasteiger charge is 2.13. The maximum absolute atomic E-state index is 6.14. The number of nitrogens with zero attached hydrogens (tertiary/aromatic N) is 3. The molecular weight excluding hydrogens is 288 g/mol. The number of hydrogen-bond donors (Lipinski definition) is 1. The topological polar surface area (TPSA) is 64.3 Å². The van der Waals surface area contributed by atoms with Crippen molar-refractivity contribution in [1.29, 1.82) is 0 Å². The summed E-state index contributed by atoms with van der Waals surface area (Å²) < 4.78 is 5.40. The molecule has 110 valence electrons. The Hall–Kier alpha value is -2.19. The standard InChI is InChI=1S/C15H17ClN4O/c1-4-7-21-13-9-12-11(8-10(13)16)18-14(17)15(19-12)20(5-2)6-3/h1,8-9H,5-7H2,2-3H3,(H2,17,18). The zero-order valence-corrected chi connectivity index (χ0v) is 12.8. The second-order valence-corrected chi connectivity index (χ2v) is 4.78.